The van der Waals surface area contributed by atoms with E-state index in [1.54, 1.807) is 31.3 Å². The third-order valence-electron chi connectivity index (χ3n) is 4.14. The number of hydrogen-bond donors (Lipinski definition) is 1. The SMILES string of the molecule is Cc1cccc(S(=O)(=O)c2ccc3c(=O)n(Cc4cc[nH]n4)ncc3c2)n1. The molecule has 9 heteroatoms. The molecule has 0 saturated heterocycles. The first-order valence-electron chi connectivity index (χ1n) is 8.12. The van der Waals surface area contributed by atoms with Crippen LogP contribution in [0.15, 0.2) is 69.6 Å². The molecule has 0 aliphatic rings. The standard InChI is InChI=1S/C18H15N5O3S/c1-12-3-2-4-17(21-12)27(25,26)15-5-6-16-13(9-15)10-20-23(18(16)24)11-14-7-8-19-22-14/h2-10H,11H2,1H3,(H,19,22). The van der Waals surface area contributed by atoms with Crippen molar-refractivity contribution in [3.8, 4) is 0 Å². The van der Waals surface area contributed by atoms with E-state index in [1.807, 2.05) is 0 Å². The lowest BCUT2D eigenvalue weighted by Gasteiger charge is -2.07. The molecule has 4 aromatic rings. The summed E-state index contributed by atoms with van der Waals surface area (Å²) in [4.78, 5) is 16.8. The normalized spacial score (nSPS) is 11.7. The van der Waals surface area contributed by atoms with E-state index in [-0.39, 0.29) is 22.0 Å². The van der Waals surface area contributed by atoms with Crippen LogP contribution >= 0.6 is 0 Å². The van der Waals surface area contributed by atoms with Crippen LogP contribution in [0.1, 0.15) is 11.4 Å². The van der Waals surface area contributed by atoms with Crippen LogP contribution in [0, 0.1) is 6.92 Å². The third kappa shape index (κ3) is 3.13. The highest BCUT2D eigenvalue weighted by Crippen LogP contribution is 2.22. The highest BCUT2D eigenvalue weighted by Gasteiger charge is 2.20. The number of aromatic nitrogens is 5. The fourth-order valence-electron chi connectivity index (χ4n) is 2.77. The predicted octanol–water partition coefficient (Wildman–Crippen LogP) is 1.70. The Hall–Kier alpha value is -3.33. The maximum atomic E-state index is 12.8. The zero-order valence-corrected chi connectivity index (χ0v) is 15.1. The molecule has 0 unspecified atom stereocenters. The molecule has 3 aromatic heterocycles. The van der Waals surface area contributed by atoms with Gasteiger partial charge in [0, 0.05) is 17.3 Å². The monoisotopic (exact) mass is 381 g/mol. The summed E-state index contributed by atoms with van der Waals surface area (Å²) in [5, 5.41) is 11.6. The Bertz CT molecular complexity index is 1290. The Balaban J connectivity index is 1.78. The summed E-state index contributed by atoms with van der Waals surface area (Å²) in [6, 6.07) is 10.9. The second-order valence-electron chi connectivity index (χ2n) is 6.04. The minimum absolute atomic E-state index is 0.0262. The summed E-state index contributed by atoms with van der Waals surface area (Å²) < 4.78 is 26.9. The highest BCUT2D eigenvalue weighted by molar-refractivity contribution is 7.91. The van der Waals surface area contributed by atoms with Crippen LogP contribution in [0.5, 0.6) is 0 Å². The number of benzene rings is 1. The topological polar surface area (TPSA) is 111 Å². The van der Waals surface area contributed by atoms with Crippen molar-refractivity contribution in [2.75, 3.05) is 0 Å². The lowest BCUT2D eigenvalue weighted by molar-refractivity contribution is 0.592. The van der Waals surface area contributed by atoms with Gasteiger partial charge in [0.2, 0.25) is 9.84 Å². The molecule has 136 valence electrons. The van der Waals surface area contributed by atoms with Crippen LogP contribution in [-0.4, -0.2) is 33.4 Å². The maximum absolute atomic E-state index is 12.8. The summed E-state index contributed by atoms with van der Waals surface area (Å²) in [5.74, 6) is 0. The zero-order valence-electron chi connectivity index (χ0n) is 14.3. The third-order valence-corrected chi connectivity index (χ3v) is 5.80. The van der Waals surface area contributed by atoms with Crippen LogP contribution < -0.4 is 5.56 Å². The van der Waals surface area contributed by atoms with Crippen LogP contribution in [0.2, 0.25) is 0 Å². The van der Waals surface area contributed by atoms with Gasteiger partial charge in [0.25, 0.3) is 5.56 Å². The zero-order chi connectivity index (χ0) is 19.0. The quantitative estimate of drug-likeness (QED) is 0.576. The number of H-pyrrole nitrogens is 1. The minimum Gasteiger partial charge on any atom is -0.285 e. The Morgan fingerprint density at radius 3 is 2.74 bits per heavy atom. The Morgan fingerprint density at radius 1 is 1.15 bits per heavy atom. The number of sulfone groups is 1. The van der Waals surface area contributed by atoms with Crippen molar-refractivity contribution in [2.45, 2.75) is 23.4 Å². The van der Waals surface area contributed by atoms with Gasteiger partial charge in [-0.15, -0.1) is 0 Å². The van der Waals surface area contributed by atoms with E-state index in [0.717, 1.165) is 0 Å². The molecule has 0 radical (unpaired) electrons. The van der Waals surface area contributed by atoms with Crippen LogP contribution in [-0.2, 0) is 16.4 Å². The Morgan fingerprint density at radius 2 is 2.00 bits per heavy atom. The van der Waals surface area contributed by atoms with Gasteiger partial charge in [0.1, 0.15) is 0 Å². The van der Waals surface area contributed by atoms with Gasteiger partial charge in [-0.3, -0.25) is 9.89 Å². The average Bonchev–Trinajstić information content (AvgIpc) is 3.17. The molecule has 0 bridgehead atoms. The molecule has 0 fully saturated rings. The number of nitrogens with one attached hydrogen (secondary N) is 1. The largest absolute Gasteiger partial charge is 0.285 e. The van der Waals surface area contributed by atoms with Crippen LogP contribution in [0.25, 0.3) is 10.8 Å². The molecule has 4 rings (SSSR count). The van der Waals surface area contributed by atoms with Crippen molar-refractivity contribution in [1.29, 1.82) is 0 Å². The molecule has 0 spiro atoms. The molecule has 1 N–H and O–H groups in total. The molecule has 1 aromatic carbocycles. The van der Waals surface area contributed by atoms with Gasteiger partial charge >= 0.3 is 0 Å². The molecular formula is C18H15N5O3S. The van der Waals surface area contributed by atoms with Crippen molar-refractivity contribution in [3.05, 3.63) is 76.6 Å². The summed E-state index contributed by atoms with van der Waals surface area (Å²) in [6.07, 6.45) is 3.14. The lowest BCUT2D eigenvalue weighted by Crippen LogP contribution is -2.23. The van der Waals surface area contributed by atoms with Crippen LogP contribution in [0.4, 0.5) is 0 Å². The highest BCUT2D eigenvalue weighted by atomic mass is 32.2. The Labute approximate surface area is 154 Å². The fourth-order valence-corrected chi connectivity index (χ4v) is 4.06. The van der Waals surface area contributed by atoms with Gasteiger partial charge in [0.15, 0.2) is 5.03 Å². The molecule has 0 amide bonds. The number of aryl methyl sites for hydroxylation is 1. The van der Waals surface area contributed by atoms with Gasteiger partial charge in [0.05, 0.1) is 28.7 Å². The first-order chi connectivity index (χ1) is 12.9. The van der Waals surface area contributed by atoms with Crippen molar-refractivity contribution in [2.24, 2.45) is 0 Å². The van der Waals surface area contributed by atoms with Gasteiger partial charge in [-0.2, -0.15) is 10.2 Å². The van der Waals surface area contributed by atoms with Gasteiger partial charge in [-0.05, 0) is 43.3 Å². The first kappa shape index (κ1) is 17.1. The van der Waals surface area contributed by atoms with Crippen LogP contribution in [0.3, 0.4) is 0 Å². The van der Waals surface area contributed by atoms with E-state index in [1.165, 1.54) is 35.1 Å². The molecule has 27 heavy (non-hydrogen) atoms. The average molecular weight is 381 g/mol. The van der Waals surface area contributed by atoms with Gasteiger partial charge in [-0.25, -0.2) is 18.1 Å². The van der Waals surface area contributed by atoms with E-state index in [9.17, 15) is 13.2 Å². The second-order valence-corrected chi connectivity index (χ2v) is 7.94. The van der Waals surface area contributed by atoms with Crippen molar-refractivity contribution in [3.63, 3.8) is 0 Å². The number of aromatic amines is 1. The van der Waals surface area contributed by atoms with Gasteiger partial charge < -0.3 is 0 Å². The van der Waals surface area contributed by atoms with E-state index < -0.39 is 9.84 Å². The van der Waals surface area contributed by atoms with Crippen molar-refractivity contribution in [1.82, 2.24) is 25.0 Å². The number of nitrogens with zero attached hydrogens (tertiary/aromatic N) is 4. The summed E-state index contributed by atoms with van der Waals surface area (Å²) in [6.45, 7) is 1.96. The summed E-state index contributed by atoms with van der Waals surface area (Å²) in [7, 11) is -3.78. The van der Waals surface area contributed by atoms with E-state index >= 15 is 0 Å². The number of fused-ring (bicyclic) bond motifs is 1. The summed E-state index contributed by atoms with van der Waals surface area (Å²) in [5.41, 5.74) is 0.974. The molecule has 3 heterocycles. The molecule has 8 nitrogen and oxygen atoms in total. The number of rotatable bonds is 4. The molecular weight excluding hydrogens is 366 g/mol. The van der Waals surface area contributed by atoms with E-state index in [2.05, 4.69) is 20.3 Å². The second kappa shape index (κ2) is 6.44. The lowest BCUT2D eigenvalue weighted by atomic mass is 10.2. The molecule has 0 atom stereocenters. The minimum atomic E-state index is -3.78. The smallest absolute Gasteiger partial charge is 0.274 e. The molecule has 0 aliphatic heterocycles. The van der Waals surface area contributed by atoms with E-state index in [4.69, 9.17) is 0 Å². The molecule has 0 saturated carbocycles. The van der Waals surface area contributed by atoms with Gasteiger partial charge in [-0.1, -0.05) is 6.07 Å². The van der Waals surface area contributed by atoms with E-state index in [0.29, 0.717) is 22.2 Å². The predicted molar refractivity (Wildman–Crippen MR) is 98.1 cm³/mol. The summed E-state index contributed by atoms with van der Waals surface area (Å²) >= 11 is 0. The van der Waals surface area contributed by atoms with Crippen molar-refractivity contribution < 1.29 is 8.42 Å². The number of pyridine rings is 1. The fraction of sp³-hybridized carbons (Fsp3) is 0.111. The first-order valence-corrected chi connectivity index (χ1v) is 9.61. The maximum Gasteiger partial charge on any atom is 0.274 e. The number of hydrogen-bond acceptors (Lipinski definition) is 6. The van der Waals surface area contributed by atoms with Crippen molar-refractivity contribution >= 4 is 20.6 Å². The molecule has 0 aliphatic carbocycles. The Kier molecular flexibility index (Phi) is 4.08.